The number of hydrogen-bond acceptors (Lipinski definition) is 7. The molecule has 0 bridgehead atoms. The highest BCUT2D eigenvalue weighted by atomic mass is 32.2. The summed E-state index contributed by atoms with van der Waals surface area (Å²) in [6.45, 7) is 2.06. The Balaban J connectivity index is 1.52. The van der Waals surface area contributed by atoms with Gasteiger partial charge in [0.05, 0.1) is 18.8 Å². The number of fused-ring (bicyclic) bond motifs is 1. The molecule has 1 amide bonds. The maximum Gasteiger partial charge on any atom is 0.264 e. The summed E-state index contributed by atoms with van der Waals surface area (Å²) in [5.41, 5.74) is 4.06. The summed E-state index contributed by atoms with van der Waals surface area (Å²) in [6.07, 6.45) is 4.47. The predicted molar refractivity (Wildman–Crippen MR) is 132 cm³/mol. The normalized spacial score (nSPS) is 18.1. The first kappa shape index (κ1) is 26.1. The molecule has 1 aromatic heterocycles. The quantitative estimate of drug-likeness (QED) is 0.430. The summed E-state index contributed by atoms with van der Waals surface area (Å²) >= 11 is 0. The van der Waals surface area contributed by atoms with Gasteiger partial charge < -0.3 is 9.47 Å². The number of sulfone groups is 1. The van der Waals surface area contributed by atoms with Crippen LogP contribution in [0.4, 0.5) is 4.39 Å². The van der Waals surface area contributed by atoms with Crippen molar-refractivity contribution in [2.45, 2.75) is 50.2 Å². The van der Waals surface area contributed by atoms with Crippen molar-refractivity contribution < 1.29 is 31.9 Å². The van der Waals surface area contributed by atoms with Gasteiger partial charge in [-0.1, -0.05) is 18.2 Å². The Morgan fingerprint density at radius 1 is 1.31 bits per heavy atom. The fraction of sp³-hybridized carbons (Fsp3) is 0.440. The van der Waals surface area contributed by atoms with Gasteiger partial charge in [0, 0.05) is 36.8 Å². The summed E-state index contributed by atoms with van der Waals surface area (Å²) in [7, 11) is -2.39. The number of benzene rings is 2. The number of carbonyl (C=O) groups excluding carboxylic acids is 1. The molecule has 36 heavy (non-hydrogen) atoms. The summed E-state index contributed by atoms with van der Waals surface area (Å²) in [5, 5.41) is 5.12. The molecule has 0 aliphatic carbocycles. The smallest absolute Gasteiger partial charge is 0.264 e. The molecule has 9 nitrogen and oxygen atoms in total. The lowest BCUT2D eigenvalue weighted by Crippen LogP contribution is -2.51. The molecule has 11 heteroatoms. The van der Waals surface area contributed by atoms with Gasteiger partial charge >= 0.3 is 0 Å². The van der Waals surface area contributed by atoms with E-state index in [1.807, 2.05) is 0 Å². The Hall–Kier alpha value is -3.02. The Morgan fingerprint density at radius 2 is 2.11 bits per heavy atom. The molecular weight excluding hydrogens is 489 g/mol. The number of amides is 1. The van der Waals surface area contributed by atoms with Gasteiger partial charge in [0.25, 0.3) is 5.91 Å². The van der Waals surface area contributed by atoms with Gasteiger partial charge in [0.1, 0.15) is 0 Å². The molecule has 194 valence electrons. The number of nitrogens with one attached hydrogen (secondary N) is 1. The molecule has 1 N–H and O–H groups in total. The van der Waals surface area contributed by atoms with Crippen LogP contribution in [0.1, 0.15) is 32.6 Å². The molecule has 1 saturated heterocycles. The van der Waals surface area contributed by atoms with E-state index in [4.69, 9.17) is 14.3 Å². The third-order valence-corrected chi connectivity index (χ3v) is 8.68. The van der Waals surface area contributed by atoms with Crippen molar-refractivity contribution >= 4 is 26.6 Å². The Morgan fingerprint density at radius 3 is 2.81 bits per heavy atom. The fourth-order valence-corrected chi connectivity index (χ4v) is 4.98. The van der Waals surface area contributed by atoms with Crippen LogP contribution >= 0.6 is 0 Å². The molecule has 3 aromatic rings. The number of aromatic nitrogens is 2. The number of carbonyl (C=O) groups is 1. The minimum absolute atomic E-state index is 0.0321. The molecule has 1 aliphatic heterocycles. The first-order valence-corrected chi connectivity index (χ1v) is 13.6. The van der Waals surface area contributed by atoms with Gasteiger partial charge in [-0.15, -0.1) is 0 Å². The van der Waals surface area contributed by atoms with Crippen LogP contribution in [0.3, 0.4) is 0 Å². The maximum atomic E-state index is 14.7. The van der Waals surface area contributed by atoms with Gasteiger partial charge in [-0.25, -0.2) is 23.1 Å². The van der Waals surface area contributed by atoms with E-state index in [0.717, 1.165) is 30.0 Å². The van der Waals surface area contributed by atoms with Gasteiger partial charge in [-0.05, 0) is 49.9 Å². The SMILES string of the molecule is COc1cccc(-c2ccc3c(cnn3CCC(C)(C(=O)NOC3CCCCO3)S(C)(=O)=O)c2)c1F. The molecule has 0 spiro atoms. The molecule has 2 heterocycles. The average Bonchev–Trinajstić information content (AvgIpc) is 3.28. The second kappa shape index (κ2) is 10.5. The second-order valence-corrected chi connectivity index (χ2v) is 11.5. The molecule has 2 atom stereocenters. The molecule has 1 fully saturated rings. The molecule has 1 aliphatic rings. The Kier molecular flexibility index (Phi) is 7.62. The van der Waals surface area contributed by atoms with Crippen molar-refractivity contribution in [2.24, 2.45) is 0 Å². The van der Waals surface area contributed by atoms with E-state index in [1.165, 1.54) is 14.0 Å². The lowest BCUT2D eigenvalue weighted by Gasteiger charge is -2.28. The molecular formula is C25H30FN3O6S. The summed E-state index contributed by atoms with van der Waals surface area (Å²) in [5.74, 6) is -1.06. The zero-order valence-corrected chi connectivity index (χ0v) is 21.3. The monoisotopic (exact) mass is 519 g/mol. The number of hydrogen-bond donors (Lipinski definition) is 1. The molecule has 2 unspecified atom stereocenters. The zero-order chi connectivity index (χ0) is 25.9. The van der Waals surface area contributed by atoms with Crippen LogP contribution in [0.5, 0.6) is 5.75 Å². The van der Waals surface area contributed by atoms with E-state index in [0.29, 0.717) is 24.2 Å². The largest absolute Gasteiger partial charge is 0.494 e. The lowest BCUT2D eigenvalue weighted by molar-refractivity contribution is -0.201. The van der Waals surface area contributed by atoms with Crippen LogP contribution in [0.25, 0.3) is 22.0 Å². The number of ether oxygens (including phenoxy) is 2. The number of methoxy groups -OCH3 is 1. The number of halogens is 1. The van der Waals surface area contributed by atoms with Crippen LogP contribution in [-0.4, -0.2) is 55.1 Å². The van der Waals surface area contributed by atoms with E-state index < -0.39 is 32.6 Å². The Labute approximate surface area is 209 Å². The highest BCUT2D eigenvalue weighted by Crippen LogP contribution is 2.31. The minimum atomic E-state index is -3.80. The van der Waals surface area contributed by atoms with Crippen molar-refractivity contribution in [3.8, 4) is 16.9 Å². The first-order valence-electron chi connectivity index (χ1n) is 11.7. The number of aryl methyl sites for hydroxylation is 1. The molecule has 0 saturated carbocycles. The fourth-order valence-electron chi connectivity index (χ4n) is 4.14. The van der Waals surface area contributed by atoms with Crippen molar-refractivity contribution in [1.82, 2.24) is 15.3 Å². The van der Waals surface area contributed by atoms with E-state index in [2.05, 4.69) is 10.6 Å². The van der Waals surface area contributed by atoms with Gasteiger partial charge in [-0.3, -0.25) is 9.48 Å². The first-order chi connectivity index (χ1) is 17.1. The number of rotatable bonds is 9. The number of hydroxylamine groups is 1. The van der Waals surface area contributed by atoms with Crippen LogP contribution in [0.2, 0.25) is 0 Å². The average molecular weight is 520 g/mol. The molecule has 2 aromatic carbocycles. The lowest BCUT2D eigenvalue weighted by atomic mass is 10.0. The van der Waals surface area contributed by atoms with E-state index in [9.17, 15) is 17.6 Å². The number of nitrogens with zero attached hydrogens (tertiary/aromatic N) is 2. The summed E-state index contributed by atoms with van der Waals surface area (Å²) < 4.78 is 50.4. The standard InChI is InChI=1S/C25H30FN3O6S/c1-25(36(3,31)32,24(30)28-35-22-9-4-5-14-34-22)12-13-29-20-11-10-17(15-18(20)16-27-29)19-7-6-8-21(33-2)23(19)26/h6-8,10-11,15-16,22H,4-5,9,12-14H2,1-3H3,(H,28,30). The van der Waals surface area contributed by atoms with Crippen molar-refractivity contribution in [3.63, 3.8) is 0 Å². The van der Waals surface area contributed by atoms with Gasteiger partial charge in [0.2, 0.25) is 0 Å². The van der Waals surface area contributed by atoms with Crippen molar-refractivity contribution in [1.29, 1.82) is 0 Å². The third-order valence-electron chi connectivity index (χ3n) is 6.66. The van der Waals surface area contributed by atoms with Gasteiger partial charge in [0.15, 0.2) is 32.4 Å². The van der Waals surface area contributed by atoms with Crippen LogP contribution < -0.4 is 10.2 Å². The van der Waals surface area contributed by atoms with Crippen LogP contribution in [-0.2, 0) is 30.8 Å². The van der Waals surface area contributed by atoms with Crippen molar-refractivity contribution in [3.05, 3.63) is 48.4 Å². The van der Waals surface area contributed by atoms with E-state index in [-0.39, 0.29) is 18.7 Å². The van der Waals surface area contributed by atoms with Crippen LogP contribution in [0, 0.1) is 5.82 Å². The summed E-state index contributed by atoms with van der Waals surface area (Å²) in [6, 6.07) is 10.3. The van der Waals surface area contributed by atoms with E-state index in [1.54, 1.807) is 47.3 Å². The minimum Gasteiger partial charge on any atom is -0.494 e. The predicted octanol–water partition coefficient (Wildman–Crippen LogP) is 3.62. The van der Waals surface area contributed by atoms with Crippen molar-refractivity contribution in [2.75, 3.05) is 20.0 Å². The summed E-state index contributed by atoms with van der Waals surface area (Å²) in [4.78, 5) is 18.2. The second-order valence-electron chi connectivity index (χ2n) is 9.06. The van der Waals surface area contributed by atoms with E-state index >= 15 is 0 Å². The topological polar surface area (TPSA) is 109 Å². The highest BCUT2D eigenvalue weighted by Gasteiger charge is 2.44. The van der Waals surface area contributed by atoms with Crippen LogP contribution in [0.15, 0.2) is 42.6 Å². The molecule has 0 radical (unpaired) electrons. The molecule has 4 rings (SSSR count). The van der Waals surface area contributed by atoms with Gasteiger partial charge in [-0.2, -0.15) is 5.10 Å². The maximum absolute atomic E-state index is 14.7. The third kappa shape index (κ3) is 5.23. The Bertz CT molecular complexity index is 1350. The zero-order valence-electron chi connectivity index (χ0n) is 20.5. The highest BCUT2D eigenvalue weighted by molar-refractivity contribution is 7.92.